The number of nitrogens with two attached hydrogens (primary N) is 1. The van der Waals surface area contributed by atoms with Crippen LogP contribution in [0.2, 0.25) is 0 Å². The van der Waals surface area contributed by atoms with Gasteiger partial charge in [0.15, 0.2) is 0 Å². The zero-order valence-electron chi connectivity index (χ0n) is 11.5. The fourth-order valence-corrected chi connectivity index (χ4v) is 3.18. The summed E-state index contributed by atoms with van der Waals surface area (Å²) in [6, 6.07) is 4.87. The maximum Gasteiger partial charge on any atom is 0.124 e. The van der Waals surface area contributed by atoms with Gasteiger partial charge >= 0.3 is 0 Å². The van der Waals surface area contributed by atoms with Crippen molar-refractivity contribution in [1.29, 1.82) is 0 Å². The molecule has 2 atom stereocenters. The molecule has 1 aromatic carbocycles. The van der Waals surface area contributed by atoms with Gasteiger partial charge in [-0.25, -0.2) is 4.39 Å². The van der Waals surface area contributed by atoms with E-state index in [0.29, 0.717) is 17.4 Å². The van der Waals surface area contributed by atoms with E-state index < -0.39 is 0 Å². The molecule has 2 nitrogen and oxygen atoms in total. The SMILES string of the molecule is CC1CC(C)CN(Cc2cc(F)cc(C(N)=S)c2)C1. The van der Waals surface area contributed by atoms with Crippen LogP contribution >= 0.6 is 12.2 Å². The minimum Gasteiger partial charge on any atom is -0.389 e. The molecule has 1 saturated heterocycles. The fourth-order valence-electron chi connectivity index (χ4n) is 3.06. The van der Waals surface area contributed by atoms with Crippen LogP contribution in [0.4, 0.5) is 4.39 Å². The monoisotopic (exact) mass is 280 g/mol. The van der Waals surface area contributed by atoms with Crippen LogP contribution in [0.1, 0.15) is 31.4 Å². The first-order chi connectivity index (χ1) is 8.94. The predicted molar refractivity (Wildman–Crippen MR) is 80.5 cm³/mol. The summed E-state index contributed by atoms with van der Waals surface area (Å²) in [5.74, 6) is 1.14. The van der Waals surface area contributed by atoms with E-state index in [4.69, 9.17) is 18.0 Å². The van der Waals surface area contributed by atoms with E-state index in [-0.39, 0.29) is 10.8 Å². The zero-order valence-corrected chi connectivity index (χ0v) is 12.3. The lowest BCUT2D eigenvalue weighted by atomic mass is 9.91. The molecule has 1 aromatic rings. The Balaban J connectivity index is 2.12. The molecule has 0 saturated carbocycles. The summed E-state index contributed by atoms with van der Waals surface area (Å²) in [4.78, 5) is 2.64. The van der Waals surface area contributed by atoms with Crippen molar-refractivity contribution >= 4 is 17.2 Å². The number of thiocarbonyl (C=S) groups is 1. The van der Waals surface area contributed by atoms with Crippen molar-refractivity contribution in [2.75, 3.05) is 13.1 Å². The molecule has 4 heteroatoms. The Bertz CT molecular complexity index is 465. The second-order valence-electron chi connectivity index (χ2n) is 5.85. The van der Waals surface area contributed by atoms with Gasteiger partial charge in [-0.05, 0) is 42.0 Å². The summed E-state index contributed by atoms with van der Waals surface area (Å²) >= 11 is 4.92. The summed E-state index contributed by atoms with van der Waals surface area (Å²) in [6.45, 7) is 7.46. The second-order valence-corrected chi connectivity index (χ2v) is 6.29. The Hall–Kier alpha value is -1.00. The third-order valence-electron chi connectivity index (χ3n) is 3.59. The Morgan fingerprint density at radius 2 is 1.95 bits per heavy atom. The number of benzene rings is 1. The lowest BCUT2D eigenvalue weighted by molar-refractivity contribution is 0.134. The van der Waals surface area contributed by atoms with Gasteiger partial charge in [-0.3, -0.25) is 4.90 Å². The van der Waals surface area contributed by atoms with Gasteiger partial charge in [-0.15, -0.1) is 0 Å². The third kappa shape index (κ3) is 3.98. The third-order valence-corrected chi connectivity index (χ3v) is 3.83. The first-order valence-electron chi connectivity index (χ1n) is 6.75. The summed E-state index contributed by atoms with van der Waals surface area (Å²) in [5, 5.41) is 0. The number of hydrogen-bond donors (Lipinski definition) is 1. The molecule has 0 aromatic heterocycles. The molecule has 2 rings (SSSR count). The molecule has 19 heavy (non-hydrogen) atoms. The first kappa shape index (κ1) is 14.4. The van der Waals surface area contributed by atoms with Gasteiger partial charge in [0.25, 0.3) is 0 Å². The summed E-state index contributed by atoms with van der Waals surface area (Å²) in [6.07, 6.45) is 1.28. The average molecular weight is 280 g/mol. The van der Waals surface area contributed by atoms with Crippen molar-refractivity contribution in [2.45, 2.75) is 26.8 Å². The lowest BCUT2D eigenvalue weighted by Gasteiger charge is -2.35. The normalized spacial score (nSPS) is 24.4. The van der Waals surface area contributed by atoms with Crippen molar-refractivity contribution in [3.63, 3.8) is 0 Å². The molecule has 2 unspecified atom stereocenters. The molecule has 0 spiro atoms. The smallest absolute Gasteiger partial charge is 0.124 e. The number of nitrogens with zero attached hydrogens (tertiary/aromatic N) is 1. The van der Waals surface area contributed by atoms with Crippen LogP contribution in [0.15, 0.2) is 18.2 Å². The molecule has 2 N–H and O–H groups in total. The molecule has 0 amide bonds. The van der Waals surface area contributed by atoms with Gasteiger partial charge in [0, 0.05) is 25.2 Å². The molecule has 0 radical (unpaired) electrons. The lowest BCUT2D eigenvalue weighted by Crippen LogP contribution is -2.38. The number of rotatable bonds is 3. The van der Waals surface area contributed by atoms with Crippen LogP contribution in [-0.4, -0.2) is 23.0 Å². The number of likely N-dealkylation sites (tertiary alicyclic amines) is 1. The van der Waals surface area contributed by atoms with E-state index in [1.54, 1.807) is 6.07 Å². The highest BCUT2D eigenvalue weighted by Gasteiger charge is 2.21. The topological polar surface area (TPSA) is 29.3 Å². The van der Waals surface area contributed by atoms with Crippen molar-refractivity contribution < 1.29 is 4.39 Å². The minimum atomic E-state index is -0.265. The van der Waals surface area contributed by atoms with Crippen LogP contribution in [0.5, 0.6) is 0 Å². The summed E-state index contributed by atoms with van der Waals surface area (Å²) in [7, 11) is 0. The Morgan fingerprint density at radius 3 is 2.53 bits per heavy atom. The minimum absolute atomic E-state index is 0.251. The standard InChI is InChI=1S/C15H21FN2S/c1-10-3-11(2)8-18(7-10)9-12-4-13(15(17)19)6-14(16)5-12/h4-6,10-11H,3,7-9H2,1-2H3,(H2,17,19). The van der Waals surface area contributed by atoms with Gasteiger partial charge in [0.2, 0.25) is 0 Å². The van der Waals surface area contributed by atoms with Crippen molar-refractivity contribution in [2.24, 2.45) is 17.6 Å². The Kier molecular flexibility index (Phi) is 4.53. The van der Waals surface area contributed by atoms with E-state index in [2.05, 4.69) is 18.7 Å². The molecular formula is C15H21FN2S. The fraction of sp³-hybridized carbons (Fsp3) is 0.533. The first-order valence-corrected chi connectivity index (χ1v) is 7.16. The maximum absolute atomic E-state index is 13.6. The van der Waals surface area contributed by atoms with Gasteiger partial charge in [-0.1, -0.05) is 26.1 Å². The van der Waals surface area contributed by atoms with Gasteiger partial charge in [0.1, 0.15) is 10.8 Å². The van der Waals surface area contributed by atoms with Crippen molar-refractivity contribution in [3.05, 3.63) is 35.1 Å². The number of hydrogen-bond acceptors (Lipinski definition) is 2. The van der Waals surface area contributed by atoms with Gasteiger partial charge < -0.3 is 5.73 Å². The van der Waals surface area contributed by atoms with Crippen LogP contribution in [0, 0.1) is 17.7 Å². The molecular weight excluding hydrogens is 259 g/mol. The van der Waals surface area contributed by atoms with E-state index >= 15 is 0 Å². The van der Waals surface area contributed by atoms with Crippen molar-refractivity contribution in [1.82, 2.24) is 4.90 Å². The Labute approximate surface area is 119 Å². The van der Waals surface area contributed by atoms with Crippen LogP contribution in [0.25, 0.3) is 0 Å². The van der Waals surface area contributed by atoms with Crippen LogP contribution in [-0.2, 0) is 6.54 Å². The highest BCUT2D eigenvalue weighted by atomic mass is 32.1. The Morgan fingerprint density at radius 1 is 1.32 bits per heavy atom. The maximum atomic E-state index is 13.6. The van der Waals surface area contributed by atoms with Gasteiger partial charge in [-0.2, -0.15) is 0 Å². The van der Waals surface area contributed by atoms with Crippen LogP contribution in [0.3, 0.4) is 0 Å². The average Bonchev–Trinajstić information content (AvgIpc) is 2.26. The zero-order chi connectivity index (χ0) is 14.0. The molecule has 1 aliphatic heterocycles. The molecule has 104 valence electrons. The van der Waals surface area contributed by atoms with Crippen LogP contribution < -0.4 is 5.73 Å². The quantitative estimate of drug-likeness (QED) is 0.863. The van der Waals surface area contributed by atoms with E-state index in [0.717, 1.165) is 25.2 Å². The molecule has 1 aliphatic rings. The van der Waals surface area contributed by atoms with E-state index in [9.17, 15) is 4.39 Å². The summed E-state index contributed by atoms with van der Waals surface area (Å²) in [5.41, 5.74) is 7.14. The largest absolute Gasteiger partial charge is 0.389 e. The van der Waals surface area contributed by atoms with Crippen molar-refractivity contribution in [3.8, 4) is 0 Å². The van der Waals surface area contributed by atoms with E-state index in [1.165, 1.54) is 12.5 Å². The number of halogens is 1. The molecule has 1 fully saturated rings. The molecule has 0 aliphatic carbocycles. The highest BCUT2D eigenvalue weighted by molar-refractivity contribution is 7.80. The summed E-state index contributed by atoms with van der Waals surface area (Å²) < 4.78 is 13.6. The number of piperidine rings is 1. The second kappa shape index (κ2) is 5.97. The highest BCUT2D eigenvalue weighted by Crippen LogP contribution is 2.23. The molecule has 0 bridgehead atoms. The van der Waals surface area contributed by atoms with Gasteiger partial charge in [0.05, 0.1) is 0 Å². The van der Waals surface area contributed by atoms with E-state index in [1.807, 2.05) is 6.07 Å². The molecule has 1 heterocycles. The predicted octanol–water partition coefficient (Wildman–Crippen LogP) is 2.94.